The fourth-order valence-electron chi connectivity index (χ4n) is 4.17. The average Bonchev–Trinajstić information content (AvgIpc) is 2.76. The van der Waals surface area contributed by atoms with Crippen LogP contribution in [-0.2, 0) is 27.7 Å². The van der Waals surface area contributed by atoms with Crippen molar-refractivity contribution >= 4 is 44.8 Å². The zero-order valence-corrected chi connectivity index (χ0v) is 20.9. The van der Waals surface area contributed by atoms with Gasteiger partial charge < -0.3 is 5.32 Å². The van der Waals surface area contributed by atoms with E-state index in [0.717, 1.165) is 31.1 Å². The lowest BCUT2D eigenvalue weighted by Crippen LogP contribution is -2.33. The van der Waals surface area contributed by atoms with E-state index >= 15 is 0 Å². The van der Waals surface area contributed by atoms with Crippen LogP contribution >= 0.6 is 23.2 Å². The monoisotopic (exact) mass is 496 g/mol. The second-order valence-electron chi connectivity index (χ2n) is 8.30. The number of nitrogens with zero attached hydrogens (tertiary/aromatic N) is 1. The molecule has 1 N–H and O–H groups in total. The van der Waals surface area contributed by atoms with E-state index in [1.165, 1.54) is 34.3 Å². The van der Waals surface area contributed by atoms with Gasteiger partial charge in [-0.15, -0.1) is 0 Å². The van der Waals surface area contributed by atoms with Crippen LogP contribution in [0.25, 0.3) is 0 Å². The Labute approximate surface area is 201 Å². The van der Waals surface area contributed by atoms with Crippen LogP contribution in [0.2, 0.25) is 10.0 Å². The maximum atomic E-state index is 12.6. The van der Waals surface area contributed by atoms with E-state index < -0.39 is 10.0 Å². The van der Waals surface area contributed by atoms with Crippen LogP contribution in [0.5, 0.6) is 0 Å². The molecule has 0 radical (unpaired) electrons. The maximum absolute atomic E-state index is 12.6. The van der Waals surface area contributed by atoms with Gasteiger partial charge >= 0.3 is 0 Å². The molecule has 8 heteroatoms. The highest BCUT2D eigenvalue weighted by Gasteiger charge is 2.20. The summed E-state index contributed by atoms with van der Waals surface area (Å²) in [5.74, 6) is -0.0860. The summed E-state index contributed by atoms with van der Waals surface area (Å²) in [6, 6.07) is 11.2. The number of halogens is 2. The van der Waals surface area contributed by atoms with E-state index in [1.54, 1.807) is 12.1 Å². The molecular weight excluding hydrogens is 467 g/mol. The maximum Gasteiger partial charge on any atom is 0.232 e. The highest BCUT2D eigenvalue weighted by atomic mass is 35.5. The lowest BCUT2D eigenvalue weighted by atomic mass is 9.89. The first-order valence-electron chi connectivity index (χ1n) is 11.0. The van der Waals surface area contributed by atoms with Gasteiger partial charge in [0.05, 0.1) is 28.0 Å². The molecule has 0 fully saturated rings. The summed E-state index contributed by atoms with van der Waals surface area (Å²) in [6.07, 6.45) is 7.25. The number of benzene rings is 2. The number of hydrogen-bond donors (Lipinski definition) is 1. The zero-order chi connectivity index (χ0) is 23.3. The molecule has 2 aromatic rings. The van der Waals surface area contributed by atoms with Crippen LogP contribution in [0.1, 0.15) is 61.8 Å². The summed E-state index contributed by atoms with van der Waals surface area (Å²) in [6.45, 7) is 2.24. The Hall–Kier alpha value is -1.76. The van der Waals surface area contributed by atoms with E-state index in [4.69, 9.17) is 23.2 Å². The number of fused-ring (bicyclic) bond motifs is 1. The van der Waals surface area contributed by atoms with Gasteiger partial charge in [-0.25, -0.2) is 8.42 Å². The number of amides is 1. The molecule has 2 aromatic carbocycles. The Morgan fingerprint density at radius 2 is 1.78 bits per heavy atom. The fourth-order valence-corrected chi connectivity index (χ4v) is 5.42. The average molecular weight is 497 g/mol. The lowest BCUT2D eigenvalue weighted by Gasteiger charge is -2.24. The number of rotatable bonds is 9. The van der Waals surface area contributed by atoms with Crippen molar-refractivity contribution in [3.8, 4) is 0 Å². The first-order valence-corrected chi connectivity index (χ1v) is 13.6. The number of sulfonamides is 1. The van der Waals surface area contributed by atoms with Crippen LogP contribution in [0.4, 0.5) is 5.69 Å². The highest BCUT2D eigenvalue weighted by molar-refractivity contribution is 7.92. The molecule has 0 aliphatic heterocycles. The van der Waals surface area contributed by atoms with Crippen molar-refractivity contribution in [2.75, 3.05) is 17.1 Å². The van der Waals surface area contributed by atoms with Gasteiger partial charge in [-0.2, -0.15) is 0 Å². The summed E-state index contributed by atoms with van der Waals surface area (Å²) < 4.78 is 25.8. The number of carbonyl (C=O) groups is 1. The molecule has 1 amide bonds. The van der Waals surface area contributed by atoms with E-state index in [2.05, 4.69) is 30.4 Å². The van der Waals surface area contributed by atoms with Crippen molar-refractivity contribution in [2.24, 2.45) is 0 Å². The molecule has 1 aliphatic rings. The van der Waals surface area contributed by atoms with Gasteiger partial charge in [0.1, 0.15) is 0 Å². The van der Waals surface area contributed by atoms with Gasteiger partial charge in [0.25, 0.3) is 0 Å². The fraction of sp³-hybridized carbons (Fsp3) is 0.458. The van der Waals surface area contributed by atoms with Crippen molar-refractivity contribution in [1.29, 1.82) is 0 Å². The van der Waals surface area contributed by atoms with Gasteiger partial charge in [0, 0.05) is 13.0 Å². The van der Waals surface area contributed by atoms with Crippen LogP contribution in [0.3, 0.4) is 0 Å². The lowest BCUT2D eigenvalue weighted by molar-refractivity contribution is -0.121. The Bertz CT molecular complexity index is 1070. The first-order chi connectivity index (χ1) is 15.2. The summed E-state index contributed by atoms with van der Waals surface area (Å²) in [7, 11) is -3.53. The Morgan fingerprint density at radius 3 is 2.44 bits per heavy atom. The van der Waals surface area contributed by atoms with Crippen LogP contribution in [0.15, 0.2) is 36.4 Å². The van der Waals surface area contributed by atoms with E-state index in [-0.39, 0.29) is 29.9 Å². The molecule has 0 saturated carbocycles. The summed E-state index contributed by atoms with van der Waals surface area (Å²) in [5.41, 5.74) is 4.38. The first kappa shape index (κ1) is 24.9. The molecule has 0 saturated heterocycles. The third-order valence-electron chi connectivity index (χ3n) is 5.87. The largest absolute Gasteiger partial charge is 0.349 e. The SMILES string of the molecule is CC[C@H](NC(=O)CCCN(c1ccc(Cl)c(Cl)c1)S(C)(=O)=O)c1ccc2c(c1)CCCC2. The van der Waals surface area contributed by atoms with Gasteiger partial charge in [-0.1, -0.05) is 48.3 Å². The molecule has 3 rings (SSSR count). The van der Waals surface area contributed by atoms with Crippen LogP contribution in [0, 0.1) is 0 Å². The molecule has 0 aromatic heterocycles. The highest BCUT2D eigenvalue weighted by Crippen LogP contribution is 2.29. The van der Waals surface area contributed by atoms with Gasteiger partial charge in [0.2, 0.25) is 15.9 Å². The van der Waals surface area contributed by atoms with E-state index in [9.17, 15) is 13.2 Å². The Balaban J connectivity index is 1.60. The molecular formula is C24H30Cl2N2O3S. The molecule has 1 aliphatic carbocycles. The second-order valence-corrected chi connectivity index (χ2v) is 11.0. The Morgan fingerprint density at radius 1 is 1.06 bits per heavy atom. The van der Waals surface area contributed by atoms with E-state index in [0.29, 0.717) is 17.1 Å². The van der Waals surface area contributed by atoms with Crippen LogP contribution in [-0.4, -0.2) is 27.1 Å². The minimum absolute atomic E-state index is 0.0455. The molecule has 32 heavy (non-hydrogen) atoms. The van der Waals surface area contributed by atoms with Crippen molar-refractivity contribution in [3.05, 3.63) is 63.1 Å². The number of anilines is 1. The molecule has 1 atom stereocenters. The summed E-state index contributed by atoms with van der Waals surface area (Å²) in [4.78, 5) is 12.6. The summed E-state index contributed by atoms with van der Waals surface area (Å²) >= 11 is 12.0. The molecule has 174 valence electrons. The van der Waals surface area contributed by atoms with Gasteiger partial charge in [-0.05, 0) is 73.4 Å². The minimum Gasteiger partial charge on any atom is -0.349 e. The van der Waals surface area contributed by atoms with Crippen molar-refractivity contribution < 1.29 is 13.2 Å². The van der Waals surface area contributed by atoms with Crippen molar-refractivity contribution in [2.45, 2.75) is 57.9 Å². The number of hydrogen-bond acceptors (Lipinski definition) is 3. The molecule has 0 bridgehead atoms. The number of aryl methyl sites for hydroxylation is 2. The second kappa shape index (κ2) is 10.9. The number of carbonyl (C=O) groups excluding carboxylic acids is 1. The van der Waals surface area contributed by atoms with E-state index in [1.807, 2.05) is 0 Å². The third kappa shape index (κ3) is 6.40. The smallest absolute Gasteiger partial charge is 0.232 e. The van der Waals surface area contributed by atoms with Gasteiger partial charge in [-0.3, -0.25) is 9.10 Å². The molecule has 0 heterocycles. The molecule has 0 unspecified atom stereocenters. The van der Waals surface area contributed by atoms with Crippen molar-refractivity contribution in [1.82, 2.24) is 5.32 Å². The summed E-state index contributed by atoms with van der Waals surface area (Å²) in [5, 5.41) is 3.75. The zero-order valence-electron chi connectivity index (χ0n) is 18.5. The Kier molecular flexibility index (Phi) is 8.48. The van der Waals surface area contributed by atoms with Gasteiger partial charge in [0.15, 0.2) is 0 Å². The minimum atomic E-state index is -3.53. The third-order valence-corrected chi connectivity index (χ3v) is 7.81. The van der Waals surface area contributed by atoms with Crippen LogP contribution < -0.4 is 9.62 Å². The standard InChI is InChI=1S/C24H30Cl2N2O3S/c1-3-23(19-11-10-17-7-4-5-8-18(17)15-19)27-24(29)9-6-14-28(32(2,30)31)20-12-13-21(25)22(26)16-20/h10-13,15-16,23H,3-9,14H2,1-2H3,(H,27,29)/t23-/m0/s1. The quantitative estimate of drug-likeness (QED) is 0.484. The van der Waals surface area contributed by atoms with Crippen molar-refractivity contribution in [3.63, 3.8) is 0 Å². The topological polar surface area (TPSA) is 66.5 Å². The molecule has 5 nitrogen and oxygen atoms in total. The predicted octanol–water partition coefficient (Wildman–Crippen LogP) is 5.69. The normalized spacial score (nSPS) is 14.5. The predicted molar refractivity (Wildman–Crippen MR) is 132 cm³/mol. The number of nitrogens with one attached hydrogen (secondary N) is 1. The molecule has 0 spiro atoms.